The van der Waals surface area contributed by atoms with Gasteiger partial charge in [-0.3, -0.25) is 0 Å². The maximum atomic E-state index is 12.1. The van der Waals surface area contributed by atoms with Crippen LogP contribution in [0.25, 0.3) is 0 Å². The minimum atomic E-state index is -0.0593. The van der Waals surface area contributed by atoms with Gasteiger partial charge < -0.3 is 16.0 Å². The molecular weight excluding hydrogens is 294 g/mol. The number of rotatable bonds is 1. The maximum absolute atomic E-state index is 12.1. The third-order valence-corrected chi connectivity index (χ3v) is 3.82. The predicted octanol–water partition coefficient (Wildman–Crippen LogP) is 3.30. The molecule has 1 aliphatic heterocycles. The van der Waals surface area contributed by atoms with E-state index in [2.05, 4.69) is 28.2 Å². The zero-order chi connectivity index (χ0) is 13.1. The number of nitrogens with zero attached hydrogens (tertiary/aromatic N) is 1. The Morgan fingerprint density at radius 1 is 1.44 bits per heavy atom. The number of carbonyl (C=O) groups is 1. The normalized spacial score (nSPS) is 16.7. The Morgan fingerprint density at radius 3 is 2.72 bits per heavy atom. The van der Waals surface area contributed by atoms with Crippen LogP contribution in [-0.2, 0) is 0 Å². The lowest BCUT2D eigenvalue weighted by molar-refractivity contribution is 0.186. The number of benzene rings is 1. The third kappa shape index (κ3) is 3.16. The van der Waals surface area contributed by atoms with E-state index in [1.54, 1.807) is 6.07 Å². The monoisotopic (exact) mass is 311 g/mol. The number of nitrogen functional groups attached to an aromatic ring is 1. The summed E-state index contributed by atoms with van der Waals surface area (Å²) in [5, 5.41) is 2.86. The van der Waals surface area contributed by atoms with E-state index in [-0.39, 0.29) is 6.03 Å². The highest BCUT2D eigenvalue weighted by Crippen LogP contribution is 2.24. The van der Waals surface area contributed by atoms with Gasteiger partial charge in [-0.1, -0.05) is 22.9 Å². The lowest BCUT2D eigenvalue weighted by Crippen LogP contribution is -2.40. The highest BCUT2D eigenvalue weighted by molar-refractivity contribution is 9.10. The predicted molar refractivity (Wildman–Crippen MR) is 77.5 cm³/mol. The minimum Gasteiger partial charge on any atom is -0.397 e. The molecule has 1 aliphatic rings. The number of carbonyl (C=O) groups excluding carboxylic acids is 1. The second-order valence-electron chi connectivity index (χ2n) is 4.83. The molecule has 0 unspecified atom stereocenters. The van der Waals surface area contributed by atoms with Gasteiger partial charge in [0.2, 0.25) is 0 Å². The molecule has 3 N–H and O–H groups in total. The van der Waals surface area contributed by atoms with E-state index in [1.807, 2.05) is 17.0 Å². The van der Waals surface area contributed by atoms with Crippen molar-refractivity contribution in [2.45, 2.75) is 19.8 Å². The average molecular weight is 312 g/mol. The Morgan fingerprint density at radius 2 is 2.11 bits per heavy atom. The standard InChI is InChI=1S/C13H18BrN3O/c1-9-4-6-17(7-5-9)13(18)16-12-3-2-10(14)8-11(12)15/h2-3,8-9H,4-7,15H2,1H3,(H,16,18). The first-order valence-electron chi connectivity index (χ1n) is 6.17. The number of hydrogen-bond donors (Lipinski definition) is 2. The fraction of sp³-hybridized carbons (Fsp3) is 0.462. The summed E-state index contributed by atoms with van der Waals surface area (Å²) in [4.78, 5) is 13.9. The lowest BCUT2D eigenvalue weighted by atomic mass is 10.00. The summed E-state index contributed by atoms with van der Waals surface area (Å²) in [6.45, 7) is 3.87. The molecule has 18 heavy (non-hydrogen) atoms. The van der Waals surface area contributed by atoms with Crippen LogP contribution in [0.2, 0.25) is 0 Å². The molecule has 0 atom stereocenters. The summed E-state index contributed by atoms with van der Waals surface area (Å²) >= 11 is 3.34. The van der Waals surface area contributed by atoms with Crippen LogP contribution < -0.4 is 11.1 Å². The van der Waals surface area contributed by atoms with Crippen molar-refractivity contribution >= 4 is 33.3 Å². The molecule has 0 aliphatic carbocycles. The van der Waals surface area contributed by atoms with Crippen LogP contribution >= 0.6 is 15.9 Å². The van der Waals surface area contributed by atoms with Crippen molar-refractivity contribution in [3.8, 4) is 0 Å². The molecule has 1 aromatic carbocycles. The van der Waals surface area contributed by atoms with Gasteiger partial charge >= 0.3 is 6.03 Å². The number of nitrogens with one attached hydrogen (secondary N) is 1. The molecule has 0 radical (unpaired) electrons. The number of hydrogen-bond acceptors (Lipinski definition) is 2. The van der Waals surface area contributed by atoms with Crippen LogP contribution in [0.3, 0.4) is 0 Å². The van der Waals surface area contributed by atoms with Gasteiger partial charge in [-0.15, -0.1) is 0 Å². The molecule has 98 valence electrons. The van der Waals surface area contributed by atoms with Crippen molar-refractivity contribution in [1.82, 2.24) is 4.90 Å². The lowest BCUT2D eigenvalue weighted by Gasteiger charge is -2.30. The fourth-order valence-corrected chi connectivity index (χ4v) is 2.43. The van der Waals surface area contributed by atoms with Gasteiger partial charge in [0.15, 0.2) is 0 Å². The number of nitrogens with two attached hydrogens (primary N) is 1. The third-order valence-electron chi connectivity index (χ3n) is 3.33. The van der Waals surface area contributed by atoms with Gasteiger partial charge in [0, 0.05) is 17.6 Å². The summed E-state index contributed by atoms with van der Waals surface area (Å²) in [6, 6.07) is 5.40. The van der Waals surface area contributed by atoms with Gasteiger partial charge in [0.25, 0.3) is 0 Å². The molecule has 0 saturated carbocycles. The van der Waals surface area contributed by atoms with E-state index in [0.717, 1.165) is 30.4 Å². The van der Waals surface area contributed by atoms with Crippen molar-refractivity contribution < 1.29 is 4.79 Å². The van der Waals surface area contributed by atoms with E-state index in [0.29, 0.717) is 17.3 Å². The van der Waals surface area contributed by atoms with Gasteiger partial charge in [-0.2, -0.15) is 0 Å². The van der Waals surface area contributed by atoms with Crippen molar-refractivity contribution in [3.63, 3.8) is 0 Å². The first-order valence-corrected chi connectivity index (χ1v) is 6.96. The topological polar surface area (TPSA) is 58.4 Å². The summed E-state index contributed by atoms with van der Waals surface area (Å²) in [5.41, 5.74) is 7.10. The number of urea groups is 1. The molecule has 2 amide bonds. The van der Waals surface area contributed by atoms with Crippen LogP contribution in [0.15, 0.2) is 22.7 Å². The van der Waals surface area contributed by atoms with Crippen molar-refractivity contribution in [3.05, 3.63) is 22.7 Å². The quantitative estimate of drug-likeness (QED) is 0.782. The fourth-order valence-electron chi connectivity index (χ4n) is 2.05. The van der Waals surface area contributed by atoms with Gasteiger partial charge in [-0.25, -0.2) is 4.79 Å². The van der Waals surface area contributed by atoms with Gasteiger partial charge in [0.05, 0.1) is 11.4 Å². The van der Waals surface area contributed by atoms with Crippen LogP contribution in [-0.4, -0.2) is 24.0 Å². The Bertz CT molecular complexity index is 442. The van der Waals surface area contributed by atoms with E-state index in [1.165, 1.54) is 0 Å². The van der Waals surface area contributed by atoms with Crippen LogP contribution in [0.5, 0.6) is 0 Å². The van der Waals surface area contributed by atoms with E-state index in [9.17, 15) is 4.79 Å². The molecule has 4 nitrogen and oxygen atoms in total. The zero-order valence-electron chi connectivity index (χ0n) is 10.4. The largest absolute Gasteiger partial charge is 0.397 e. The summed E-state index contributed by atoms with van der Waals surface area (Å²) in [5.74, 6) is 0.715. The van der Waals surface area contributed by atoms with E-state index >= 15 is 0 Å². The van der Waals surface area contributed by atoms with Crippen molar-refractivity contribution in [1.29, 1.82) is 0 Å². The summed E-state index contributed by atoms with van der Waals surface area (Å²) in [7, 11) is 0. The first kappa shape index (κ1) is 13.2. The second-order valence-corrected chi connectivity index (χ2v) is 5.75. The second kappa shape index (κ2) is 5.61. The molecule has 0 spiro atoms. The van der Waals surface area contributed by atoms with Gasteiger partial charge in [-0.05, 0) is 37.0 Å². The minimum absolute atomic E-state index is 0.0593. The van der Waals surface area contributed by atoms with Crippen LogP contribution in [0, 0.1) is 5.92 Å². The molecule has 0 aromatic heterocycles. The number of halogens is 1. The van der Waals surface area contributed by atoms with Crippen molar-refractivity contribution in [2.24, 2.45) is 5.92 Å². The Balaban J connectivity index is 1.98. The summed E-state index contributed by atoms with van der Waals surface area (Å²) in [6.07, 6.45) is 2.15. The van der Waals surface area contributed by atoms with Crippen LogP contribution in [0.1, 0.15) is 19.8 Å². The number of piperidine rings is 1. The Labute approximate surface area is 116 Å². The maximum Gasteiger partial charge on any atom is 0.321 e. The molecule has 5 heteroatoms. The highest BCUT2D eigenvalue weighted by Gasteiger charge is 2.20. The van der Waals surface area contributed by atoms with E-state index in [4.69, 9.17) is 5.73 Å². The molecule has 1 saturated heterocycles. The van der Waals surface area contributed by atoms with E-state index < -0.39 is 0 Å². The number of amides is 2. The smallest absolute Gasteiger partial charge is 0.321 e. The number of likely N-dealkylation sites (tertiary alicyclic amines) is 1. The SMILES string of the molecule is CC1CCN(C(=O)Nc2ccc(Br)cc2N)CC1. The molecule has 1 aromatic rings. The first-order chi connectivity index (χ1) is 8.56. The Hall–Kier alpha value is -1.23. The molecule has 1 fully saturated rings. The average Bonchev–Trinajstić information content (AvgIpc) is 2.33. The number of anilines is 2. The van der Waals surface area contributed by atoms with Crippen LogP contribution in [0.4, 0.5) is 16.2 Å². The molecule has 2 rings (SSSR count). The molecule has 1 heterocycles. The molecular formula is C13H18BrN3O. The summed E-state index contributed by atoms with van der Waals surface area (Å²) < 4.78 is 0.907. The highest BCUT2D eigenvalue weighted by atomic mass is 79.9. The van der Waals surface area contributed by atoms with Crippen molar-refractivity contribution in [2.75, 3.05) is 24.1 Å². The Kier molecular flexibility index (Phi) is 4.11. The molecule has 0 bridgehead atoms. The zero-order valence-corrected chi connectivity index (χ0v) is 12.0. The van der Waals surface area contributed by atoms with Gasteiger partial charge in [0.1, 0.15) is 0 Å².